The summed E-state index contributed by atoms with van der Waals surface area (Å²) < 4.78 is 19.2. The van der Waals surface area contributed by atoms with Crippen LogP contribution >= 0.6 is 21.6 Å². The lowest BCUT2D eigenvalue weighted by molar-refractivity contribution is -0.121. The summed E-state index contributed by atoms with van der Waals surface area (Å²) in [5.74, 6) is 4.94. The number of methoxy groups -OCH3 is 1. The molecule has 74 heavy (non-hydrogen) atoms. The summed E-state index contributed by atoms with van der Waals surface area (Å²) in [6.45, 7) is 2.09. The predicted molar refractivity (Wildman–Crippen MR) is 298 cm³/mol. The molecule has 5 aromatic rings. The zero-order chi connectivity index (χ0) is 51.5. The van der Waals surface area contributed by atoms with Crippen LogP contribution in [0.25, 0.3) is 16.8 Å². The fourth-order valence-corrected chi connectivity index (χ4v) is 14.5. The lowest BCUT2D eigenvalue weighted by Crippen LogP contribution is -2.27. The number of rotatable bonds is 9. The Morgan fingerprint density at radius 2 is 1.82 bits per heavy atom. The molecule has 384 valence electrons. The normalized spacial score (nSPS) is 23.7. The average Bonchev–Trinajstić information content (AvgIpc) is 3.41. The van der Waals surface area contributed by atoms with Gasteiger partial charge in [-0.25, -0.2) is 0 Å². The number of nitrogens with two attached hydrogens (primary N) is 1. The molecule has 2 aliphatic carbocycles. The minimum Gasteiger partial charge on any atom is -0.508 e. The third kappa shape index (κ3) is 10.8. The Morgan fingerprint density at radius 1 is 0.973 bits per heavy atom. The molecule has 11 nitrogen and oxygen atoms in total. The first-order valence-electron chi connectivity index (χ1n) is 25.9. The number of phenolic OH excluding ortho intramolecular Hbond substituents is 1. The summed E-state index contributed by atoms with van der Waals surface area (Å²) in [5.41, 5.74) is 14.8. The van der Waals surface area contributed by atoms with Gasteiger partial charge < -0.3 is 45.7 Å². The number of guanidine groups is 1. The van der Waals surface area contributed by atoms with Gasteiger partial charge in [0.05, 0.1) is 13.0 Å². The van der Waals surface area contributed by atoms with E-state index in [9.17, 15) is 25.2 Å². The number of allylic oxidation sites excluding steroid dienone is 4. The number of hydrogen-bond acceptors (Lipinski definition) is 11. The number of ketones is 1. The third-order valence-electron chi connectivity index (χ3n) is 15.7. The van der Waals surface area contributed by atoms with Gasteiger partial charge >= 0.3 is 0 Å². The highest BCUT2D eigenvalue weighted by Crippen LogP contribution is 2.54. The van der Waals surface area contributed by atoms with Crippen LogP contribution < -0.4 is 20.5 Å². The van der Waals surface area contributed by atoms with E-state index in [4.69, 9.17) is 19.9 Å². The number of nitrogens with zero attached hydrogens (tertiary/aromatic N) is 1. The van der Waals surface area contributed by atoms with E-state index in [-0.39, 0.29) is 66.3 Å². The fourth-order valence-electron chi connectivity index (χ4n) is 12.0. The highest BCUT2D eigenvalue weighted by atomic mass is 33.1. The largest absolute Gasteiger partial charge is 0.508 e. The van der Waals surface area contributed by atoms with Gasteiger partial charge in [-0.1, -0.05) is 108 Å². The molecule has 7 atom stereocenters. The Labute approximate surface area is 441 Å². The molecule has 0 unspecified atom stereocenters. The third-order valence-corrected chi connectivity index (χ3v) is 18.1. The lowest BCUT2D eigenvalue weighted by atomic mass is 9.70. The van der Waals surface area contributed by atoms with Crippen LogP contribution in [0.5, 0.6) is 17.2 Å². The first-order valence-corrected chi connectivity index (χ1v) is 28.4. The number of ether oxygens (including phenoxy) is 3. The molecule has 0 aromatic heterocycles. The molecule has 12 bridgehead atoms. The van der Waals surface area contributed by atoms with Gasteiger partial charge in [0, 0.05) is 65.6 Å². The number of aliphatic hydroxyl groups is 3. The maximum absolute atomic E-state index is 14.3. The molecule has 0 saturated carbocycles. The SMILES string of the molecule is CN=C(N)Nc1cccc(CCCC[C@H]2C=C3C(O)=C[C@H]2C[C@H]2CC(=O)CCc4ccc(OC)c(c4)OCc4c(C(O)O)c5c6c(c(O)cc7c6c4C=C[C@H]7C)[C@H](C#CO2)[C@H](c2ccccc2)C[C@H]3CSSC5)c1. The molecule has 7 aliphatic rings. The number of aromatic hydroxyl groups is 1. The highest BCUT2D eigenvalue weighted by Gasteiger charge is 2.39. The smallest absolute Gasteiger partial charge is 0.192 e. The Balaban J connectivity index is 1.15. The zero-order valence-corrected chi connectivity index (χ0v) is 43.8. The molecule has 5 heterocycles. The predicted octanol–water partition coefficient (Wildman–Crippen LogP) is 12.1. The molecular formula is C61H65N3O8S2. The number of phenols is 1. The molecule has 13 heteroatoms. The van der Waals surface area contributed by atoms with E-state index in [1.807, 2.05) is 60.7 Å². The molecule has 0 fully saturated rings. The molecule has 5 aromatic carbocycles. The van der Waals surface area contributed by atoms with Gasteiger partial charge in [0.25, 0.3) is 0 Å². The van der Waals surface area contributed by atoms with Crippen molar-refractivity contribution in [3.8, 4) is 29.3 Å². The van der Waals surface area contributed by atoms with Crippen molar-refractivity contribution in [2.24, 2.45) is 28.5 Å². The van der Waals surface area contributed by atoms with E-state index in [0.29, 0.717) is 70.5 Å². The Hall–Kier alpha value is -6.30. The minimum atomic E-state index is -1.90. The van der Waals surface area contributed by atoms with Gasteiger partial charge in [0.15, 0.2) is 23.7 Å². The maximum Gasteiger partial charge on any atom is 0.192 e. The standard InChI is InChI=1S/C61H65N3O8S2/c1-35-16-20-45-50-32-72-55-25-37(18-21-54(55)70-3)17-19-43(65)30-44-26-40-29-52(66)49(27-39(40)14-8-7-10-36-11-9-15-42(24-36)64-61(62)63-2)41-28-48(38-12-5-4-6-13-38)46(22-23-71-44)58-53(67)31-47(35)56(45)59(58)51(34-74-73-33-41)57(50)60(68)69/h4-6,9,11-13,15-16,18,20-21,24-25,27,29,31,35,39-41,44,46,48,60,66-69H,7-8,10,14,17,19,26,28,30,32-34H2,1-3H3,(H3,62,63,64)/t35-,39+,40-,41+,44+,46-,48+/m1/s1. The van der Waals surface area contributed by atoms with Crippen LogP contribution in [0.15, 0.2) is 113 Å². The van der Waals surface area contributed by atoms with E-state index in [2.05, 4.69) is 71.8 Å². The second-order valence-electron chi connectivity index (χ2n) is 20.3. The minimum absolute atomic E-state index is 0.0132. The number of hydrogen-bond donors (Lipinski definition) is 6. The topological polar surface area (TPSA) is 176 Å². The quantitative estimate of drug-likeness (QED) is 0.0206. The fraction of sp³-hybridized carbons (Fsp3) is 0.377. The zero-order valence-electron chi connectivity index (χ0n) is 42.2. The van der Waals surface area contributed by atoms with Crippen molar-refractivity contribution < 1.29 is 39.4 Å². The van der Waals surface area contributed by atoms with Gasteiger partial charge in [-0.2, -0.15) is 0 Å². The van der Waals surface area contributed by atoms with Crippen molar-refractivity contribution in [2.75, 3.05) is 25.2 Å². The van der Waals surface area contributed by atoms with E-state index in [1.165, 1.54) is 5.56 Å². The highest BCUT2D eigenvalue weighted by molar-refractivity contribution is 8.76. The number of carbonyl (C=O) groups is 1. The number of carbonyl (C=O) groups excluding carboxylic acids is 1. The van der Waals surface area contributed by atoms with Gasteiger partial charge in [-0.15, -0.1) is 0 Å². The molecule has 12 rings (SSSR count). The Morgan fingerprint density at radius 3 is 2.64 bits per heavy atom. The van der Waals surface area contributed by atoms with Crippen LogP contribution in [0.1, 0.15) is 126 Å². The Bertz CT molecular complexity index is 3120. The summed E-state index contributed by atoms with van der Waals surface area (Å²) in [6, 6.07) is 26.1. The molecule has 0 radical (unpaired) electrons. The first kappa shape index (κ1) is 51.2. The number of aryl methyl sites for hydroxylation is 2. The lowest BCUT2D eigenvalue weighted by Gasteiger charge is -2.34. The molecule has 0 amide bonds. The van der Waals surface area contributed by atoms with Crippen molar-refractivity contribution >= 4 is 55.9 Å². The number of fused-ring (bicyclic) bond motifs is 5. The molecule has 0 spiro atoms. The summed E-state index contributed by atoms with van der Waals surface area (Å²) in [5, 5.41) is 53.4. The summed E-state index contributed by atoms with van der Waals surface area (Å²) in [6.07, 6.45) is 14.6. The van der Waals surface area contributed by atoms with Crippen LogP contribution in [0.2, 0.25) is 0 Å². The van der Waals surface area contributed by atoms with Crippen LogP contribution in [-0.4, -0.2) is 58.2 Å². The second kappa shape index (κ2) is 22.7. The van der Waals surface area contributed by atoms with Crippen LogP contribution in [0, 0.1) is 29.8 Å². The number of Topliss-reactive ketones (excluding diaryl/α,β-unsaturated/α-hetero) is 1. The van der Waals surface area contributed by atoms with Gasteiger partial charge in [-0.05, 0) is 142 Å². The first-order chi connectivity index (χ1) is 36.0. The summed E-state index contributed by atoms with van der Waals surface area (Å²) in [7, 11) is 6.58. The van der Waals surface area contributed by atoms with Gasteiger partial charge in [0.1, 0.15) is 36.1 Å². The number of aliphatic hydroxyl groups excluding tert-OH is 2. The van der Waals surface area contributed by atoms with E-state index < -0.39 is 18.3 Å². The Kier molecular flexibility index (Phi) is 15.7. The van der Waals surface area contributed by atoms with Crippen LogP contribution in [0.4, 0.5) is 5.69 Å². The van der Waals surface area contributed by atoms with Crippen LogP contribution in [0.3, 0.4) is 0 Å². The number of aliphatic imine (C=N–C) groups is 1. The van der Waals surface area contributed by atoms with Crippen molar-refractivity contribution in [3.63, 3.8) is 0 Å². The van der Waals surface area contributed by atoms with Crippen molar-refractivity contribution in [1.29, 1.82) is 0 Å². The average molecular weight is 1030 g/mol. The monoisotopic (exact) mass is 1030 g/mol. The number of nitrogens with one attached hydrogen (secondary N) is 1. The van der Waals surface area contributed by atoms with E-state index in [1.54, 1.807) is 35.7 Å². The number of benzene rings is 5. The van der Waals surface area contributed by atoms with Gasteiger partial charge in [0.2, 0.25) is 0 Å². The molecular weight excluding hydrogens is 967 g/mol. The van der Waals surface area contributed by atoms with E-state index >= 15 is 0 Å². The maximum atomic E-state index is 14.3. The molecule has 0 saturated heterocycles. The molecule has 7 N–H and O–H groups in total. The second-order valence-corrected chi connectivity index (χ2v) is 22.9. The van der Waals surface area contributed by atoms with E-state index in [0.717, 1.165) is 70.0 Å². The summed E-state index contributed by atoms with van der Waals surface area (Å²) in [4.78, 5) is 18.3. The number of anilines is 1. The molecule has 5 aliphatic heterocycles. The van der Waals surface area contributed by atoms with Crippen molar-refractivity contribution in [1.82, 2.24) is 0 Å². The van der Waals surface area contributed by atoms with Crippen LogP contribution in [-0.2, 0) is 34.7 Å². The summed E-state index contributed by atoms with van der Waals surface area (Å²) >= 11 is 0. The van der Waals surface area contributed by atoms with Crippen molar-refractivity contribution in [2.45, 2.75) is 107 Å². The van der Waals surface area contributed by atoms with Gasteiger partial charge in [-0.3, -0.25) is 9.79 Å². The van der Waals surface area contributed by atoms with Crippen molar-refractivity contribution in [3.05, 3.63) is 158 Å². The number of unbranched alkanes of at least 4 members (excludes halogenated alkanes) is 1.